The fourth-order valence-corrected chi connectivity index (χ4v) is 4.23. The van der Waals surface area contributed by atoms with Gasteiger partial charge in [-0.3, -0.25) is 4.79 Å². The first kappa shape index (κ1) is 25.9. The summed E-state index contributed by atoms with van der Waals surface area (Å²) in [6, 6.07) is 11.5. The lowest BCUT2D eigenvalue weighted by Crippen LogP contribution is -2.30. The summed E-state index contributed by atoms with van der Waals surface area (Å²) in [6.07, 6.45) is 2.48. The second kappa shape index (κ2) is 12.1. The van der Waals surface area contributed by atoms with Gasteiger partial charge in [0.1, 0.15) is 5.75 Å². The van der Waals surface area contributed by atoms with Gasteiger partial charge >= 0.3 is 12.6 Å². The van der Waals surface area contributed by atoms with Crippen LogP contribution in [0.1, 0.15) is 19.4 Å². The molecular weight excluding hydrogens is 458 g/mol. The highest BCUT2D eigenvalue weighted by molar-refractivity contribution is 7.89. The molecule has 0 saturated heterocycles. The first-order valence-electron chi connectivity index (χ1n) is 9.96. The second-order valence-electron chi connectivity index (χ2n) is 6.52. The third kappa shape index (κ3) is 7.65. The molecule has 1 N–H and O–H groups in total. The van der Waals surface area contributed by atoms with E-state index in [1.54, 1.807) is 13.8 Å². The number of carbonyl (C=O) groups excluding carboxylic acids is 2. The molecule has 0 radical (unpaired) electrons. The van der Waals surface area contributed by atoms with Gasteiger partial charge < -0.3 is 14.8 Å². The van der Waals surface area contributed by atoms with Crippen molar-refractivity contribution in [2.45, 2.75) is 25.4 Å². The lowest BCUT2D eigenvalue weighted by Gasteiger charge is -2.18. The van der Waals surface area contributed by atoms with Crippen molar-refractivity contribution in [3.63, 3.8) is 0 Å². The van der Waals surface area contributed by atoms with Crippen LogP contribution in [0.3, 0.4) is 0 Å². The van der Waals surface area contributed by atoms with Crippen molar-refractivity contribution in [1.82, 2.24) is 4.31 Å². The molecule has 0 spiro atoms. The highest BCUT2D eigenvalue weighted by Crippen LogP contribution is 2.25. The zero-order valence-corrected chi connectivity index (χ0v) is 18.8. The number of hydrogen-bond donors (Lipinski definition) is 1. The van der Waals surface area contributed by atoms with Gasteiger partial charge in [-0.1, -0.05) is 38.1 Å². The topological polar surface area (TPSA) is 102 Å². The standard InChI is InChI=1S/C22H24F2N2O6S/c1-3-26(4-2)33(29,30)17-12-9-16(10-13-17)11-14-21(28)31-15-20(27)25-18-7-5-6-8-19(18)32-22(23)24/h5-14,22H,3-4,15H2,1-2H3,(H,25,27). The SMILES string of the molecule is CCN(CC)S(=O)(=O)c1ccc(C=CC(=O)OCC(=O)Nc2ccccc2OC(F)F)cc1. The minimum atomic E-state index is -3.58. The molecule has 0 unspecified atom stereocenters. The van der Waals surface area contributed by atoms with Gasteiger partial charge in [0.25, 0.3) is 5.91 Å². The van der Waals surface area contributed by atoms with Crippen molar-refractivity contribution >= 4 is 33.7 Å². The Balaban J connectivity index is 1.91. The Morgan fingerprint density at radius 2 is 1.70 bits per heavy atom. The average Bonchev–Trinajstić information content (AvgIpc) is 2.78. The van der Waals surface area contributed by atoms with E-state index < -0.39 is 35.1 Å². The van der Waals surface area contributed by atoms with Crippen molar-refractivity contribution in [3.05, 3.63) is 60.2 Å². The normalized spacial score (nSPS) is 11.7. The van der Waals surface area contributed by atoms with Gasteiger partial charge in [0.2, 0.25) is 10.0 Å². The zero-order valence-electron chi connectivity index (χ0n) is 18.0. The van der Waals surface area contributed by atoms with E-state index in [9.17, 15) is 26.8 Å². The maximum Gasteiger partial charge on any atom is 0.387 e. The van der Waals surface area contributed by atoms with E-state index in [1.807, 2.05) is 0 Å². The summed E-state index contributed by atoms with van der Waals surface area (Å²) >= 11 is 0. The molecule has 0 bridgehead atoms. The highest BCUT2D eigenvalue weighted by Gasteiger charge is 2.21. The predicted octanol–water partition coefficient (Wildman–Crippen LogP) is 3.51. The van der Waals surface area contributed by atoms with Gasteiger partial charge in [-0.15, -0.1) is 0 Å². The van der Waals surface area contributed by atoms with Crippen LogP contribution in [0.25, 0.3) is 6.08 Å². The van der Waals surface area contributed by atoms with Crippen molar-refractivity contribution < 1.29 is 36.3 Å². The van der Waals surface area contributed by atoms with Crippen LogP contribution in [0.5, 0.6) is 5.75 Å². The maximum absolute atomic E-state index is 12.5. The molecule has 0 fully saturated rings. The Labute approximate surface area is 190 Å². The number of alkyl halides is 2. The van der Waals surface area contributed by atoms with E-state index in [-0.39, 0.29) is 16.3 Å². The van der Waals surface area contributed by atoms with E-state index in [4.69, 9.17) is 4.74 Å². The van der Waals surface area contributed by atoms with Gasteiger partial charge in [0.15, 0.2) is 6.61 Å². The van der Waals surface area contributed by atoms with Gasteiger partial charge in [-0.2, -0.15) is 13.1 Å². The molecule has 0 aliphatic carbocycles. The molecule has 0 atom stereocenters. The summed E-state index contributed by atoms with van der Waals surface area (Å²) in [7, 11) is -3.58. The Morgan fingerprint density at radius 3 is 2.30 bits per heavy atom. The molecular formula is C22H24F2N2O6S. The number of esters is 1. The van der Waals surface area contributed by atoms with Gasteiger partial charge in [-0.25, -0.2) is 13.2 Å². The lowest BCUT2D eigenvalue weighted by molar-refractivity contribution is -0.142. The summed E-state index contributed by atoms with van der Waals surface area (Å²) in [5.74, 6) is -1.78. The van der Waals surface area contributed by atoms with Gasteiger partial charge in [0, 0.05) is 19.2 Å². The number of sulfonamides is 1. The molecule has 33 heavy (non-hydrogen) atoms. The molecule has 2 aromatic carbocycles. The lowest BCUT2D eigenvalue weighted by atomic mass is 10.2. The van der Waals surface area contributed by atoms with Crippen molar-refractivity contribution in [2.75, 3.05) is 25.0 Å². The number of anilines is 1. The number of halogens is 2. The van der Waals surface area contributed by atoms with E-state index in [2.05, 4.69) is 10.1 Å². The average molecular weight is 483 g/mol. The molecule has 0 heterocycles. The number of carbonyl (C=O) groups is 2. The summed E-state index contributed by atoms with van der Waals surface area (Å²) in [4.78, 5) is 23.9. The molecule has 2 rings (SSSR count). The van der Waals surface area contributed by atoms with E-state index in [1.165, 1.54) is 58.9 Å². The second-order valence-corrected chi connectivity index (χ2v) is 8.46. The molecule has 0 saturated carbocycles. The maximum atomic E-state index is 12.5. The smallest absolute Gasteiger partial charge is 0.387 e. The molecule has 1 amide bonds. The molecule has 0 aromatic heterocycles. The number of hydrogen-bond acceptors (Lipinski definition) is 6. The molecule has 178 valence electrons. The first-order valence-corrected chi connectivity index (χ1v) is 11.4. The van der Waals surface area contributed by atoms with E-state index >= 15 is 0 Å². The number of nitrogens with zero attached hydrogens (tertiary/aromatic N) is 1. The molecule has 0 aliphatic heterocycles. The third-order valence-corrected chi connectivity index (χ3v) is 6.42. The summed E-state index contributed by atoms with van der Waals surface area (Å²) in [6.45, 7) is 0.500. The fourth-order valence-electron chi connectivity index (χ4n) is 2.77. The van der Waals surface area contributed by atoms with Crippen LogP contribution in [0.15, 0.2) is 59.5 Å². The monoisotopic (exact) mass is 482 g/mol. The number of ether oxygens (including phenoxy) is 2. The Bertz CT molecular complexity index is 1080. The molecule has 0 aliphatic rings. The van der Waals surface area contributed by atoms with Crippen LogP contribution >= 0.6 is 0 Å². The van der Waals surface area contributed by atoms with Crippen LogP contribution in [-0.2, 0) is 24.3 Å². The first-order chi connectivity index (χ1) is 15.7. The van der Waals surface area contributed by atoms with Crippen LogP contribution in [-0.4, -0.2) is 50.9 Å². The van der Waals surface area contributed by atoms with Crippen LogP contribution in [0.4, 0.5) is 14.5 Å². The van der Waals surface area contributed by atoms with Crippen LogP contribution in [0, 0.1) is 0 Å². The largest absolute Gasteiger partial charge is 0.452 e. The van der Waals surface area contributed by atoms with Crippen LogP contribution in [0.2, 0.25) is 0 Å². The number of benzene rings is 2. The van der Waals surface area contributed by atoms with E-state index in [0.717, 1.165) is 6.08 Å². The summed E-state index contributed by atoms with van der Waals surface area (Å²) in [5.41, 5.74) is 0.558. The Kier molecular flexibility index (Phi) is 9.49. The minimum Gasteiger partial charge on any atom is -0.452 e. The number of nitrogens with one attached hydrogen (secondary N) is 1. The fraction of sp³-hybridized carbons (Fsp3) is 0.273. The van der Waals surface area contributed by atoms with E-state index in [0.29, 0.717) is 18.7 Å². The van der Waals surface area contributed by atoms with Crippen molar-refractivity contribution in [2.24, 2.45) is 0 Å². The summed E-state index contributed by atoms with van der Waals surface area (Å²) < 4.78 is 60.3. The molecule has 2 aromatic rings. The van der Waals surface area contributed by atoms with Crippen molar-refractivity contribution in [1.29, 1.82) is 0 Å². The third-order valence-electron chi connectivity index (χ3n) is 4.36. The quantitative estimate of drug-likeness (QED) is 0.389. The minimum absolute atomic E-state index is 0.00847. The number of amides is 1. The zero-order chi connectivity index (χ0) is 24.4. The Morgan fingerprint density at radius 1 is 1.06 bits per heavy atom. The van der Waals surface area contributed by atoms with Gasteiger partial charge in [0.05, 0.1) is 10.6 Å². The Hall–Kier alpha value is -3.31. The van der Waals surface area contributed by atoms with Gasteiger partial charge in [-0.05, 0) is 35.9 Å². The van der Waals surface area contributed by atoms with Crippen LogP contribution < -0.4 is 10.1 Å². The summed E-state index contributed by atoms with van der Waals surface area (Å²) in [5, 5.41) is 2.32. The predicted molar refractivity (Wildman–Crippen MR) is 118 cm³/mol. The van der Waals surface area contributed by atoms with Crippen molar-refractivity contribution in [3.8, 4) is 5.75 Å². The molecule has 8 nitrogen and oxygen atoms in total. The number of para-hydroxylation sites is 2. The number of rotatable bonds is 11. The highest BCUT2D eigenvalue weighted by atomic mass is 32.2. The molecule has 11 heteroatoms.